The minimum absolute atomic E-state index is 0.0276. The van der Waals surface area contributed by atoms with Crippen LogP contribution in [0.3, 0.4) is 0 Å². The van der Waals surface area contributed by atoms with Gasteiger partial charge in [-0.3, -0.25) is 0 Å². The molecule has 0 radical (unpaired) electrons. The number of methoxy groups -OCH3 is 2. The Morgan fingerprint density at radius 3 is 1.76 bits per heavy atom. The fourth-order valence-electron chi connectivity index (χ4n) is 5.51. The van der Waals surface area contributed by atoms with Crippen molar-refractivity contribution in [1.29, 1.82) is 0 Å². The molecule has 46 heavy (non-hydrogen) atoms. The zero-order valence-electron chi connectivity index (χ0n) is 26.7. The number of hydrogen-bond acceptors (Lipinski definition) is 7. The molecule has 0 amide bonds. The Labute approximate surface area is 273 Å². The number of benzene rings is 4. The van der Waals surface area contributed by atoms with E-state index < -0.39 is 20.0 Å². The predicted molar refractivity (Wildman–Crippen MR) is 180 cm³/mol. The number of nitrogens with zero attached hydrogens (tertiary/aromatic N) is 3. The lowest BCUT2D eigenvalue weighted by Gasteiger charge is -2.36. The van der Waals surface area contributed by atoms with Gasteiger partial charge in [0, 0.05) is 39.3 Å². The molecule has 1 aliphatic rings. The standard InChI is InChI=1S/C35H41N3O6S2/c1-27(2)30-13-9-28(10-14-30)25-38(26-29-11-15-31(43-3)16-12-29)46(41,42)33-19-17-32(18-20-33)45(39,40)37-23-21-36(22-24-37)34-7-5-6-8-35(34)44-4/h5-20,27H,21-26H2,1-4H3. The minimum atomic E-state index is -4.00. The molecule has 0 bridgehead atoms. The summed E-state index contributed by atoms with van der Waals surface area (Å²) in [4.78, 5) is 2.19. The molecule has 244 valence electrons. The highest BCUT2D eigenvalue weighted by Gasteiger charge is 2.31. The molecular formula is C35H41N3O6S2. The van der Waals surface area contributed by atoms with Crippen molar-refractivity contribution in [3.8, 4) is 11.5 Å². The minimum Gasteiger partial charge on any atom is -0.497 e. The van der Waals surface area contributed by atoms with Gasteiger partial charge in [0.1, 0.15) is 11.5 Å². The van der Waals surface area contributed by atoms with E-state index in [9.17, 15) is 16.8 Å². The van der Waals surface area contributed by atoms with E-state index >= 15 is 0 Å². The van der Waals surface area contributed by atoms with Gasteiger partial charge < -0.3 is 14.4 Å². The Balaban J connectivity index is 1.35. The van der Waals surface area contributed by atoms with Crippen LogP contribution < -0.4 is 14.4 Å². The lowest BCUT2D eigenvalue weighted by atomic mass is 10.0. The van der Waals surface area contributed by atoms with Crippen LogP contribution in [0.1, 0.15) is 36.5 Å². The van der Waals surface area contributed by atoms with Crippen LogP contribution in [0.25, 0.3) is 0 Å². The summed E-state index contributed by atoms with van der Waals surface area (Å²) in [6.45, 7) is 6.12. The van der Waals surface area contributed by atoms with Gasteiger partial charge in [-0.1, -0.05) is 62.4 Å². The summed E-state index contributed by atoms with van der Waals surface area (Å²) in [5.41, 5.74) is 3.75. The van der Waals surface area contributed by atoms with Gasteiger partial charge in [0.25, 0.3) is 0 Å². The fourth-order valence-corrected chi connectivity index (χ4v) is 8.35. The zero-order chi connectivity index (χ0) is 32.9. The van der Waals surface area contributed by atoms with Crippen LogP contribution in [0.2, 0.25) is 0 Å². The van der Waals surface area contributed by atoms with Gasteiger partial charge >= 0.3 is 0 Å². The van der Waals surface area contributed by atoms with Gasteiger partial charge in [-0.2, -0.15) is 8.61 Å². The summed E-state index contributed by atoms with van der Waals surface area (Å²) in [6, 6.07) is 28.4. The topological polar surface area (TPSA) is 96.5 Å². The maximum absolute atomic E-state index is 14.1. The molecule has 0 unspecified atom stereocenters. The van der Waals surface area contributed by atoms with Crippen molar-refractivity contribution in [2.45, 2.75) is 42.6 Å². The third-order valence-electron chi connectivity index (χ3n) is 8.29. The van der Waals surface area contributed by atoms with Gasteiger partial charge in [-0.25, -0.2) is 16.8 Å². The molecule has 0 spiro atoms. The molecule has 0 aliphatic carbocycles. The van der Waals surface area contributed by atoms with Crippen LogP contribution in [0.4, 0.5) is 5.69 Å². The lowest BCUT2D eigenvalue weighted by molar-refractivity contribution is 0.378. The van der Waals surface area contributed by atoms with E-state index in [4.69, 9.17) is 9.47 Å². The van der Waals surface area contributed by atoms with Crippen LogP contribution in [-0.2, 0) is 33.1 Å². The Bertz CT molecular complexity index is 1820. The van der Waals surface area contributed by atoms with Gasteiger partial charge in [-0.15, -0.1) is 0 Å². The second-order valence-corrected chi connectivity index (χ2v) is 15.4. The summed E-state index contributed by atoms with van der Waals surface area (Å²) in [6.07, 6.45) is 0. The van der Waals surface area contributed by atoms with Gasteiger partial charge in [-0.05, 0) is 71.1 Å². The summed E-state index contributed by atoms with van der Waals surface area (Å²) < 4.78 is 68.8. The van der Waals surface area contributed by atoms with Crippen molar-refractivity contribution in [3.05, 3.63) is 114 Å². The highest BCUT2D eigenvalue weighted by atomic mass is 32.2. The maximum Gasteiger partial charge on any atom is 0.243 e. The first-order valence-corrected chi connectivity index (χ1v) is 18.1. The first-order valence-electron chi connectivity index (χ1n) is 15.2. The molecular weight excluding hydrogens is 623 g/mol. The Kier molecular flexibility index (Phi) is 10.4. The van der Waals surface area contributed by atoms with E-state index in [1.165, 1.54) is 38.4 Å². The van der Waals surface area contributed by atoms with E-state index in [0.717, 1.165) is 22.6 Å². The van der Waals surface area contributed by atoms with Gasteiger partial charge in [0.2, 0.25) is 20.0 Å². The van der Waals surface area contributed by atoms with E-state index in [1.807, 2.05) is 60.7 Å². The smallest absolute Gasteiger partial charge is 0.243 e. The Morgan fingerprint density at radius 1 is 0.674 bits per heavy atom. The molecule has 0 saturated carbocycles. The highest BCUT2D eigenvalue weighted by molar-refractivity contribution is 7.89. The first-order chi connectivity index (χ1) is 22.0. The summed E-state index contributed by atoms with van der Waals surface area (Å²) in [5, 5.41) is 0. The largest absolute Gasteiger partial charge is 0.497 e. The number of ether oxygens (including phenoxy) is 2. The van der Waals surface area contributed by atoms with Crippen LogP contribution in [0.15, 0.2) is 107 Å². The van der Waals surface area contributed by atoms with Crippen LogP contribution >= 0.6 is 0 Å². The molecule has 0 N–H and O–H groups in total. The quantitative estimate of drug-likeness (QED) is 0.191. The molecule has 5 rings (SSSR count). The van der Waals surface area contributed by atoms with Crippen molar-refractivity contribution in [2.24, 2.45) is 0 Å². The van der Waals surface area contributed by atoms with Crippen molar-refractivity contribution >= 4 is 25.7 Å². The molecule has 1 fully saturated rings. The lowest BCUT2D eigenvalue weighted by Crippen LogP contribution is -2.48. The Hall–Kier alpha value is -3.90. The predicted octanol–water partition coefficient (Wildman–Crippen LogP) is 5.73. The number of piperazine rings is 1. The van der Waals surface area contributed by atoms with E-state index in [1.54, 1.807) is 26.4 Å². The normalized spacial score (nSPS) is 14.5. The molecule has 1 aliphatic heterocycles. The fraction of sp³-hybridized carbons (Fsp3) is 0.314. The summed E-state index contributed by atoms with van der Waals surface area (Å²) in [5.74, 6) is 1.78. The van der Waals surface area contributed by atoms with Crippen LogP contribution in [0, 0.1) is 0 Å². The second-order valence-electron chi connectivity index (χ2n) is 11.6. The number of para-hydroxylation sites is 2. The third-order valence-corrected chi connectivity index (χ3v) is 12.0. The second kappa shape index (κ2) is 14.3. The Morgan fingerprint density at radius 2 is 1.22 bits per heavy atom. The molecule has 4 aromatic carbocycles. The van der Waals surface area contributed by atoms with Crippen LogP contribution in [-0.4, -0.2) is 65.8 Å². The molecule has 1 heterocycles. The van der Waals surface area contributed by atoms with Crippen LogP contribution in [0.5, 0.6) is 11.5 Å². The molecule has 4 aromatic rings. The summed E-state index contributed by atoms with van der Waals surface area (Å²) >= 11 is 0. The van der Waals surface area contributed by atoms with Crippen molar-refractivity contribution < 1.29 is 26.3 Å². The molecule has 9 nitrogen and oxygen atoms in total. The number of anilines is 1. The molecule has 0 aromatic heterocycles. The number of rotatable bonds is 12. The SMILES string of the molecule is COc1ccc(CN(Cc2ccc(C(C)C)cc2)S(=O)(=O)c2ccc(S(=O)(=O)N3CCN(c4ccccc4OC)CC3)cc2)cc1. The molecule has 1 saturated heterocycles. The third kappa shape index (κ3) is 7.39. The monoisotopic (exact) mass is 663 g/mol. The molecule has 0 atom stereocenters. The zero-order valence-corrected chi connectivity index (χ0v) is 28.3. The average molecular weight is 664 g/mol. The highest BCUT2D eigenvalue weighted by Crippen LogP contribution is 2.30. The van der Waals surface area contributed by atoms with Crippen molar-refractivity contribution in [3.63, 3.8) is 0 Å². The van der Waals surface area contributed by atoms with Crippen molar-refractivity contribution in [2.75, 3.05) is 45.3 Å². The van der Waals surface area contributed by atoms with E-state index in [0.29, 0.717) is 37.8 Å². The molecule has 11 heteroatoms. The van der Waals surface area contributed by atoms with Crippen molar-refractivity contribution in [1.82, 2.24) is 8.61 Å². The first kappa shape index (κ1) is 33.5. The number of hydrogen-bond donors (Lipinski definition) is 0. The summed E-state index contributed by atoms with van der Waals surface area (Å²) in [7, 11) is -4.62. The number of sulfonamides is 2. The maximum atomic E-state index is 14.1. The van der Waals surface area contributed by atoms with E-state index in [-0.39, 0.29) is 22.9 Å². The van der Waals surface area contributed by atoms with Gasteiger partial charge in [0.05, 0.1) is 29.7 Å². The average Bonchev–Trinajstić information content (AvgIpc) is 3.08. The van der Waals surface area contributed by atoms with Gasteiger partial charge in [0.15, 0.2) is 0 Å². The van der Waals surface area contributed by atoms with E-state index in [2.05, 4.69) is 18.7 Å².